The predicted octanol–water partition coefficient (Wildman–Crippen LogP) is 5.10. The molecule has 2 N–H and O–H groups in total. The maximum absolute atomic E-state index is 10.5. The van der Waals surface area contributed by atoms with Gasteiger partial charge in [0.1, 0.15) is 11.6 Å². The Hall–Kier alpha value is -3.15. The predicted molar refractivity (Wildman–Crippen MR) is 122 cm³/mol. The van der Waals surface area contributed by atoms with Gasteiger partial charge in [-0.1, -0.05) is 31.9 Å². The Kier molecular flexibility index (Phi) is 4.16. The fourth-order valence-electron chi connectivity index (χ4n) is 5.77. The smallest absolute Gasteiger partial charge is 0.316 e. The molecular weight excluding hydrogens is 388 g/mol. The highest BCUT2D eigenvalue weighted by atomic mass is 16.3. The van der Waals surface area contributed by atoms with E-state index in [0.717, 1.165) is 71.5 Å². The second-order valence-electron chi connectivity index (χ2n) is 9.06. The molecule has 1 aromatic carbocycles. The molecule has 3 aromatic rings. The molecule has 0 radical (unpaired) electrons. The number of allylic oxidation sites excluding steroid dienone is 1. The van der Waals surface area contributed by atoms with E-state index in [1.54, 1.807) is 0 Å². The molecule has 0 amide bonds. The van der Waals surface area contributed by atoms with Gasteiger partial charge in [-0.05, 0) is 54.4 Å². The normalized spacial score (nSPS) is 22.2. The standard InChI is InChI=1S/C25H26N4O2/c1-14-17-8-6-7-15-11-16(30)12-18(21(15)17)22-20(14)23-19(13-26-22)24(28-25(31)27-23)29-9-4-2-3-5-10-29/h6-7,11-14,17,30H,2-5,8-10H2,1H3,(H,27,28,31). The lowest BCUT2D eigenvalue weighted by molar-refractivity contribution is 0.432. The number of hydrogen-bond donors (Lipinski definition) is 2. The summed E-state index contributed by atoms with van der Waals surface area (Å²) < 4.78 is 0. The average molecular weight is 415 g/mol. The van der Waals surface area contributed by atoms with Gasteiger partial charge in [0, 0.05) is 30.4 Å². The molecule has 2 unspecified atom stereocenters. The molecule has 3 aliphatic rings. The highest BCUT2D eigenvalue weighted by Gasteiger charge is 2.36. The molecule has 31 heavy (non-hydrogen) atoms. The third kappa shape index (κ3) is 2.81. The number of pyridine rings is 1. The molecule has 0 saturated carbocycles. The van der Waals surface area contributed by atoms with Crippen molar-refractivity contribution >= 4 is 22.8 Å². The summed E-state index contributed by atoms with van der Waals surface area (Å²) in [6, 6.07) is 3.48. The summed E-state index contributed by atoms with van der Waals surface area (Å²) in [4.78, 5) is 16.1. The lowest BCUT2D eigenvalue weighted by atomic mass is 9.69. The highest BCUT2D eigenvalue weighted by Crippen LogP contribution is 2.53. The highest BCUT2D eigenvalue weighted by molar-refractivity contribution is 5.96. The van der Waals surface area contributed by atoms with E-state index in [9.17, 15) is 10.2 Å². The van der Waals surface area contributed by atoms with Crippen molar-refractivity contribution in [2.45, 2.75) is 50.9 Å². The second kappa shape index (κ2) is 6.94. The minimum Gasteiger partial charge on any atom is -0.508 e. The van der Waals surface area contributed by atoms with Crippen LogP contribution in [0.4, 0.5) is 5.82 Å². The molecule has 2 aromatic heterocycles. The van der Waals surface area contributed by atoms with Gasteiger partial charge in [0.15, 0.2) is 0 Å². The number of aromatic hydroxyl groups is 2. The van der Waals surface area contributed by atoms with Crippen molar-refractivity contribution in [1.29, 1.82) is 0 Å². The Bertz CT molecular complexity index is 1230. The van der Waals surface area contributed by atoms with E-state index >= 15 is 0 Å². The van der Waals surface area contributed by atoms with Gasteiger partial charge in [-0.25, -0.2) is 0 Å². The lowest BCUT2D eigenvalue weighted by Crippen LogP contribution is -2.26. The minimum absolute atomic E-state index is 0.182. The molecule has 0 spiro atoms. The molecular formula is C25H26N4O2. The SMILES string of the molecule is CC1c2c(ncc3c(N4CCCCCC4)nc(O)nc23)-c2cc(O)cc3c2C1CC=C3. The van der Waals surface area contributed by atoms with Crippen molar-refractivity contribution in [3.05, 3.63) is 41.1 Å². The average Bonchev–Trinajstić information content (AvgIpc) is 3.05. The van der Waals surface area contributed by atoms with Gasteiger partial charge >= 0.3 is 6.01 Å². The van der Waals surface area contributed by atoms with E-state index in [0.29, 0.717) is 5.92 Å². The number of hydrogen-bond acceptors (Lipinski definition) is 6. The van der Waals surface area contributed by atoms with Crippen molar-refractivity contribution in [3.8, 4) is 23.0 Å². The van der Waals surface area contributed by atoms with Crippen LogP contribution in [-0.2, 0) is 0 Å². The first kappa shape index (κ1) is 18.6. The lowest BCUT2D eigenvalue weighted by Gasteiger charge is -2.36. The van der Waals surface area contributed by atoms with Gasteiger partial charge in [-0.3, -0.25) is 4.98 Å². The summed E-state index contributed by atoms with van der Waals surface area (Å²) in [5, 5.41) is 21.8. The molecule has 6 nitrogen and oxygen atoms in total. The van der Waals surface area contributed by atoms with Gasteiger partial charge in [-0.2, -0.15) is 9.97 Å². The summed E-state index contributed by atoms with van der Waals surface area (Å²) in [5.41, 5.74) is 6.01. The van der Waals surface area contributed by atoms with Crippen LogP contribution in [0.25, 0.3) is 28.2 Å². The van der Waals surface area contributed by atoms with Gasteiger partial charge in [-0.15, -0.1) is 0 Å². The number of fused-ring (bicyclic) bond motifs is 4. The maximum Gasteiger partial charge on any atom is 0.316 e. The van der Waals surface area contributed by atoms with Crippen LogP contribution in [0.2, 0.25) is 0 Å². The van der Waals surface area contributed by atoms with Crippen LogP contribution in [0, 0.1) is 0 Å². The first-order valence-corrected chi connectivity index (χ1v) is 11.3. The van der Waals surface area contributed by atoms with Crippen LogP contribution >= 0.6 is 0 Å². The van der Waals surface area contributed by atoms with Gasteiger partial charge in [0.05, 0.1) is 16.6 Å². The largest absolute Gasteiger partial charge is 0.508 e. The minimum atomic E-state index is -0.182. The topological polar surface area (TPSA) is 82.4 Å². The summed E-state index contributed by atoms with van der Waals surface area (Å²) >= 11 is 0. The van der Waals surface area contributed by atoms with Crippen molar-refractivity contribution < 1.29 is 10.2 Å². The van der Waals surface area contributed by atoms with E-state index in [-0.39, 0.29) is 17.7 Å². The second-order valence-corrected chi connectivity index (χ2v) is 9.06. The molecule has 158 valence electrons. The fraction of sp³-hybridized carbons (Fsp3) is 0.400. The summed E-state index contributed by atoms with van der Waals surface area (Å²) in [7, 11) is 0. The molecule has 3 heterocycles. The first-order valence-electron chi connectivity index (χ1n) is 11.3. The number of phenols is 1. The van der Waals surface area contributed by atoms with Gasteiger partial charge in [0.2, 0.25) is 0 Å². The van der Waals surface area contributed by atoms with Crippen LogP contribution < -0.4 is 4.90 Å². The third-order valence-electron chi connectivity index (χ3n) is 7.22. The van der Waals surface area contributed by atoms with Crippen molar-refractivity contribution in [3.63, 3.8) is 0 Å². The van der Waals surface area contributed by atoms with Gasteiger partial charge < -0.3 is 15.1 Å². The zero-order valence-electron chi connectivity index (χ0n) is 17.7. The van der Waals surface area contributed by atoms with E-state index in [4.69, 9.17) is 4.98 Å². The van der Waals surface area contributed by atoms with Crippen molar-refractivity contribution in [2.75, 3.05) is 18.0 Å². The zero-order chi connectivity index (χ0) is 21.1. The summed E-state index contributed by atoms with van der Waals surface area (Å²) in [6.07, 6.45) is 11.8. The fourth-order valence-corrected chi connectivity index (χ4v) is 5.77. The number of anilines is 1. The summed E-state index contributed by atoms with van der Waals surface area (Å²) in [5.74, 6) is 1.53. The molecule has 2 aliphatic carbocycles. The number of phenolic OH excluding ortho intramolecular Hbond substituents is 1. The molecule has 0 bridgehead atoms. The van der Waals surface area contributed by atoms with Crippen molar-refractivity contribution in [2.24, 2.45) is 0 Å². The number of rotatable bonds is 1. The third-order valence-corrected chi connectivity index (χ3v) is 7.22. The Morgan fingerprint density at radius 3 is 2.61 bits per heavy atom. The van der Waals surface area contributed by atoms with Crippen molar-refractivity contribution in [1.82, 2.24) is 15.0 Å². The van der Waals surface area contributed by atoms with E-state index in [2.05, 4.69) is 33.9 Å². The van der Waals surface area contributed by atoms with Crippen LogP contribution in [0.1, 0.15) is 67.6 Å². The van der Waals surface area contributed by atoms with Crippen LogP contribution in [0.5, 0.6) is 11.8 Å². The molecule has 6 rings (SSSR count). The molecule has 1 aliphatic heterocycles. The molecule has 2 atom stereocenters. The number of nitrogens with zero attached hydrogens (tertiary/aromatic N) is 4. The molecule has 6 heteroatoms. The van der Waals surface area contributed by atoms with E-state index in [1.165, 1.54) is 18.4 Å². The number of benzene rings is 1. The Morgan fingerprint density at radius 1 is 1.00 bits per heavy atom. The van der Waals surface area contributed by atoms with Crippen LogP contribution in [0.15, 0.2) is 24.4 Å². The first-order chi connectivity index (χ1) is 15.1. The Labute approximate surface area is 181 Å². The summed E-state index contributed by atoms with van der Waals surface area (Å²) in [6.45, 7) is 4.10. The van der Waals surface area contributed by atoms with Crippen LogP contribution in [-0.4, -0.2) is 38.3 Å². The van der Waals surface area contributed by atoms with E-state index < -0.39 is 0 Å². The molecule has 1 fully saturated rings. The molecule has 1 saturated heterocycles. The maximum atomic E-state index is 10.5. The monoisotopic (exact) mass is 414 g/mol. The quantitative estimate of drug-likeness (QED) is 0.576. The van der Waals surface area contributed by atoms with Gasteiger partial charge in [0.25, 0.3) is 0 Å². The zero-order valence-corrected chi connectivity index (χ0v) is 17.7. The Morgan fingerprint density at radius 2 is 1.81 bits per heavy atom. The van der Waals surface area contributed by atoms with E-state index in [1.807, 2.05) is 18.3 Å². The number of aromatic nitrogens is 3. The Balaban J connectivity index is 1.62. The van der Waals surface area contributed by atoms with Crippen LogP contribution in [0.3, 0.4) is 0 Å².